The summed E-state index contributed by atoms with van der Waals surface area (Å²) in [6.45, 7) is 1.52. The Morgan fingerprint density at radius 3 is 2.95 bits per heavy atom. The van der Waals surface area contributed by atoms with Crippen molar-refractivity contribution in [2.45, 2.75) is 13.1 Å². The normalized spacial score (nSPS) is 11.6. The van der Waals surface area contributed by atoms with Gasteiger partial charge in [0.25, 0.3) is 0 Å². The summed E-state index contributed by atoms with van der Waals surface area (Å²) in [6.07, 6.45) is 0. The molecule has 3 rings (SSSR count). The number of benzene rings is 1. The molecule has 0 radical (unpaired) electrons. The van der Waals surface area contributed by atoms with Gasteiger partial charge in [0.2, 0.25) is 5.89 Å². The molecule has 2 aromatic heterocycles. The molecule has 0 aliphatic rings. The summed E-state index contributed by atoms with van der Waals surface area (Å²) in [5.74, 6) is 0.691. The van der Waals surface area contributed by atoms with E-state index in [1.807, 2.05) is 25.2 Å². The molecule has 0 amide bonds. The van der Waals surface area contributed by atoms with Crippen molar-refractivity contribution in [3.63, 3.8) is 0 Å². The van der Waals surface area contributed by atoms with Gasteiger partial charge in [0.1, 0.15) is 5.52 Å². The number of halogens is 1. The zero-order valence-corrected chi connectivity index (χ0v) is 13.4. The van der Waals surface area contributed by atoms with E-state index in [1.165, 1.54) is 4.88 Å². The number of aromatic nitrogens is 1. The van der Waals surface area contributed by atoms with Crippen LogP contribution in [0.4, 0.5) is 5.69 Å². The first-order chi connectivity index (χ1) is 9.61. The number of thiophene rings is 1. The van der Waals surface area contributed by atoms with Gasteiger partial charge in [-0.2, -0.15) is 0 Å². The lowest BCUT2D eigenvalue weighted by Gasteiger charge is -2.12. The Kier molecular flexibility index (Phi) is 3.78. The number of anilines is 1. The lowest BCUT2D eigenvalue weighted by molar-refractivity contribution is 0.287. The van der Waals surface area contributed by atoms with Crippen molar-refractivity contribution < 1.29 is 4.42 Å². The Morgan fingerprint density at radius 1 is 1.40 bits per heavy atom. The molecule has 104 valence electrons. The molecule has 0 aliphatic carbocycles. The van der Waals surface area contributed by atoms with Crippen LogP contribution in [0.1, 0.15) is 10.8 Å². The summed E-state index contributed by atoms with van der Waals surface area (Å²) in [6, 6.07) is 7.73. The summed E-state index contributed by atoms with van der Waals surface area (Å²) in [5.41, 5.74) is 8.03. The second kappa shape index (κ2) is 5.55. The summed E-state index contributed by atoms with van der Waals surface area (Å²) < 4.78 is 6.85. The highest BCUT2D eigenvalue weighted by atomic mass is 79.9. The molecule has 0 aliphatic heterocycles. The molecule has 2 N–H and O–H groups in total. The van der Waals surface area contributed by atoms with E-state index < -0.39 is 0 Å². The van der Waals surface area contributed by atoms with E-state index in [1.54, 1.807) is 11.3 Å². The third kappa shape index (κ3) is 2.87. The van der Waals surface area contributed by atoms with Crippen LogP contribution in [-0.4, -0.2) is 16.9 Å². The van der Waals surface area contributed by atoms with Gasteiger partial charge in [-0.3, -0.25) is 4.90 Å². The van der Waals surface area contributed by atoms with Crippen molar-refractivity contribution >= 4 is 44.1 Å². The maximum absolute atomic E-state index is 5.89. The number of hydrogen-bond donors (Lipinski definition) is 1. The lowest BCUT2D eigenvalue weighted by atomic mass is 10.3. The molecule has 4 nitrogen and oxygen atoms in total. The molecule has 3 aromatic rings. The lowest BCUT2D eigenvalue weighted by Crippen LogP contribution is -2.16. The highest BCUT2D eigenvalue weighted by Gasteiger charge is 2.11. The van der Waals surface area contributed by atoms with Crippen molar-refractivity contribution in [3.8, 4) is 0 Å². The third-order valence-electron chi connectivity index (χ3n) is 2.95. The highest BCUT2D eigenvalue weighted by molar-refractivity contribution is 9.10. The van der Waals surface area contributed by atoms with E-state index in [0.29, 0.717) is 18.1 Å². The molecule has 0 saturated carbocycles. The van der Waals surface area contributed by atoms with Crippen LogP contribution in [0, 0.1) is 0 Å². The van der Waals surface area contributed by atoms with E-state index in [9.17, 15) is 0 Å². The number of para-hydroxylation sites is 1. The summed E-state index contributed by atoms with van der Waals surface area (Å²) in [5, 5.41) is 2.09. The van der Waals surface area contributed by atoms with Crippen LogP contribution >= 0.6 is 27.3 Å². The fourth-order valence-electron chi connectivity index (χ4n) is 2.07. The first-order valence-electron chi connectivity index (χ1n) is 6.17. The molecule has 0 spiro atoms. The largest absolute Gasteiger partial charge is 0.439 e. The first-order valence-corrected chi connectivity index (χ1v) is 7.84. The van der Waals surface area contributed by atoms with Crippen LogP contribution in [-0.2, 0) is 13.1 Å². The average Bonchev–Trinajstić information content (AvgIpc) is 2.96. The van der Waals surface area contributed by atoms with Gasteiger partial charge in [0, 0.05) is 21.3 Å². The number of oxazole rings is 1. The highest BCUT2D eigenvalue weighted by Crippen LogP contribution is 2.23. The van der Waals surface area contributed by atoms with Crippen molar-refractivity contribution in [2.75, 3.05) is 12.8 Å². The van der Waals surface area contributed by atoms with Gasteiger partial charge in [0.05, 0.1) is 12.2 Å². The Labute approximate surface area is 129 Å². The van der Waals surface area contributed by atoms with Gasteiger partial charge in [-0.05, 0) is 41.2 Å². The van der Waals surface area contributed by atoms with Crippen LogP contribution in [0.5, 0.6) is 0 Å². The minimum absolute atomic E-state index is 0.655. The third-order valence-corrected chi connectivity index (χ3v) is 4.63. The van der Waals surface area contributed by atoms with Gasteiger partial charge in [-0.1, -0.05) is 6.07 Å². The molecular formula is C14H14BrN3OS. The molecule has 0 saturated heterocycles. The number of hydrogen-bond acceptors (Lipinski definition) is 5. The molecule has 0 atom stereocenters. The van der Waals surface area contributed by atoms with Crippen LogP contribution in [0.25, 0.3) is 11.1 Å². The van der Waals surface area contributed by atoms with Crippen LogP contribution in [0.3, 0.4) is 0 Å². The summed E-state index contributed by atoms with van der Waals surface area (Å²) in [4.78, 5) is 7.93. The summed E-state index contributed by atoms with van der Waals surface area (Å²) in [7, 11) is 2.05. The zero-order valence-electron chi connectivity index (χ0n) is 11.0. The molecule has 0 fully saturated rings. The molecule has 0 unspecified atom stereocenters. The van der Waals surface area contributed by atoms with E-state index in [2.05, 4.69) is 37.3 Å². The second-order valence-electron chi connectivity index (χ2n) is 4.71. The van der Waals surface area contributed by atoms with Crippen molar-refractivity contribution in [2.24, 2.45) is 0 Å². The van der Waals surface area contributed by atoms with Crippen molar-refractivity contribution in [1.82, 2.24) is 9.88 Å². The van der Waals surface area contributed by atoms with Gasteiger partial charge in [-0.25, -0.2) is 4.98 Å². The monoisotopic (exact) mass is 351 g/mol. The maximum Gasteiger partial charge on any atom is 0.209 e. The number of nitrogen functional groups attached to an aromatic ring is 1. The zero-order chi connectivity index (χ0) is 14.1. The average molecular weight is 352 g/mol. The Morgan fingerprint density at radius 2 is 2.25 bits per heavy atom. The van der Waals surface area contributed by atoms with E-state index in [-0.39, 0.29) is 0 Å². The number of nitrogens with two attached hydrogens (primary N) is 1. The van der Waals surface area contributed by atoms with E-state index in [0.717, 1.165) is 22.1 Å². The maximum atomic E-state index is 5.89. The van der Waals surface area contributed by atoms with E-state index >= 15 is 0 Å². The molecule has 2 heterocycles. The van der Waals surface area contributed by atoms with E-state index in [4.69, 9.17) is 10.2 Å². The van der Waals surface area contributed by atoms with Gasteiger partial charge in [0.15, 0.2) is 5.58 Å². The van der Waals surface area contributed by atoms with Crippen LogP contribution in [0.15, 0.2) is 38.5 Å². The minimum Gasteiger partial charge on any atom is -0.439 e. The number of nitrogens with zero attached hydrogens (tertiary/aromatic N) is 2. The first kappa shape index (κ1) is 13.6. The minimum atomic E-state index is 0.655. The SMILES string of the molecule is CN(Cc1nc2c(N)cccc2o1)Cc1cc(Br)cs1. The fraction of sp³-hybridized carbons (Fsp3) is 0.214. The molecule has 0 bridgehead atoms. The Bertz CT molecular complexity index is 737. The Balaban J connectivity index is 1.74. The van der Waals surface area contributed by atoms with Crippen molar-refractivity contribution in [1.29, 1.82) is 0 Å². The van der Waals surface area contributed by atoms with Gasteiger partial charge in [-0.15, -0.1) is 11.3 Å². The molecule has 6 heteroatoms. The number of rotatable bonds is 4. The Hall–Kier alpha value is -1.37. The molecule has 20 heavy (non-hydrogen) atoms. The topological polar surface area (TPSA) is 55.3 Å². The summed E-state index contributed by atoms with van der Waals surface area (Å²) >= 11 is 5.20. The second-order valence-corrected chi connectivity index (χ2v) is 6.62. The van der Waals surface area contributed by atoms with Crippen molar-refractivity contribution in [3.05, 3.63) is 44.9 Å². The smallest absolute Gasteiger partial charge is 0.209 e. The standard InChI is InChI=1S/C14H14BrN3OS/c1-18(6-10-5-9(15)8-20-10)7-13-17-14-11(16)3-2-4-12(14)19-13/h2-5,8H,6-7,16H2,1H3. The quantitative estimate of drug-likeness (QED) is 0.725. The predicted octanol–water partition coefficient (Wildman–Crippen LogP) is 3.87. The van der Waals surface area contributed by atoms with Crippen LogP contribution in [0.2, 0.25) is 0 Å². The van der Waals surface area contributed by atoms with Gasteiger partial charge >= 0.3 is 0 Å². The number of fused-ring (bicyclic) bond motifs is 1. The fourth-order valence-corrected chi connectivity index (χ4v) is 3.60. The predicted molar refractivity (Wildman–Crippen MR) is 85.6 cm³/mol. The van der Waals surface area contributed by atoms with Gasteiger partial charge < -0.3 is 10.2 Å². The molecular weight excluding hydrogens is 338 g/mol. The molecule has 1 aromatic carbocycles. The van der Waals surface area contributed by atoms with Crippen LogP contribution < -0.4 is 5.73 Å².